The highest BCUT2D eigenvalue weighted by molar-refractivity contribution is 5.85. The lowest BCUT2D eigenvalue weighted by atomic mass is 9.74. The number of aliphatic hydroxyl groups is 1. The third-order valence-electron chi connectivity index (χ3n) is 3.81. The SMILES string of the molecule is CN1CCC(CO)(Cc2ccccc2)CC1.Cl. The molecular formula is C14H22ClNO. The molecule has 17 heavy (non-hydrogen) atoms. The Morgan fingerprint density at radius 2 is 1.76 bits per heavy atom. The monoisotopic (exact) mass is 255 g/mol. The smallest absolute Gasteiger partial charge is 0.0491 e. The van der Waals surface area contributed by atoms with E-state index in [9.17, 15) is 5.11 Å². The fraction of sp³-hybridized carbons (Fsp3) is 0.571. The molecular weight excluding hydrogens is 234 g/mol. The summed E-state index contributed by atoms with van der Waals surface area (Å²) >= 11 is 0. The van der Waals surface area contributed by atoms with Gasteiger partial charge in [0.25, 0.3) is 0 Å². The van der Waals surface area contributed by atoms with Crippen LogP contribution in [0.3, 0.4) is 0 Å². The number of halogens is 1. The molecule has 1 fully saturated rings. The summed E-state index contributed by atoms with van der Waals surface area (Å²) in [7, 11) is 2.16. The summed E-state index contributed by atoms with van der Waals surface area (Å²) < 4.78 is 0. The minimum atomic E-state index is 0. The molecule has 0 amide bonds. The summed E-state index contributed by atoms with van der Waals surface area (Å²) in [5.41, 5.74) is 1.47. The number of likely N-dealkylation sites (tertiary alicyclic amines) is 1. The van der Waals surface area contributed by atoms with Gasteiger partial charge in [-0.3, -0.25) is 0 Å². The van der Waals surface area contributed by atoms with Crippen molar-refractivity contribution in [2.45, 2.75) is 19.3 Å². The summed E-state index contributed by atoms with van der Waals surface area (Å²) in [6.45, 7) is 2.52. The summed E-state index contributed by atoms with van der Waals surface area (Å²) in [5.74, 6) is 0. The lowest BCUT2D eigenvalue weighted by Gasteiger charge is -2.39. The topological polar surface area (TPSA) is 23.5 Å². The van der Waals surface area contributed by atoms with Gasteiger partial charge in [0.2, 0.25) is 0 Å². The zero-order valence-electron chi connectivity index (χ0n) is 10.4. The second-order valence-corrected chi connectivity index (χ2v) is 5.12. The van der Waals surface area contributed by atoms with Gasteiger partial charge in [0.1, 0.15) is 0 Å². The largest absolute Gasteiger partial charge is 0.396 e. The third-order valence-corrected chi connectivity index (χ3v) is 3.81. The Kier molecular flexibility index (Phi) is 5.44. The lowest BCUT2D eigenvalue weighted by Crippen LogP contribution is -2.41. The van der Waals surface area contributed by atoms with Gasteiger partial charge in [-0.05, 0) is 50.4 Å². The van der Waals surface area contributed by atoms with Crippen molar-refractivity contribution in [1.82, 2.24) is 4.90 Å². The van der Waals surface area contributed by atoms with E-state index in [-0.39, 0.29) is 17.8 Å². The highest BCUT2D eigenvalue weighted by atomic mass is 35.5. The van der Waals surface area contributed by atoms with Gasteiger partial charge in [-0.1, -0.05) is 30.3 Å². The van der Waals surface area contributed by atoms with Crippen molar-refractivity contribution in [3.8, 4) is 0 Å². The van der Waals surface area contributed by atoms with Crippen molar-refractivity contribution in [2.75, 3.05) is 26.7 Å². The van der Waals surface area contributed by atoms with Gasteiger partial charge in [0.05, 0.1) is 0 Å². The maximum atomic E-state index is 9.67. The molecule has 2 nitrogen and oxygen atoms in total. The first-order chi connectivity index (χ1) is 7.74. The molecule has 1 aliphatic heterocycles. The van der Waals surface area contributed by atoms with Crippen LogP contribution in [0.1, 0.15) is 18.4 Å². The summed E-state index contributed by atoms with van der Waals surface area (Å²) in [6.07, 6.45) is 3.22. The van der Waals surface area contributed by atoms with E-state index in [1.165, 1.54) is 5.56 Å². The highest BCUT2D eigenvalue weighted by Gasteiger charge is 2.32. The third kappa shape index (κ3) is 3.70. The Bertz CT molecular complexity index is 320. The molecule has 0 aromatic heterocycles. The van der Waals surface area contributed by atoms with E-state index in [4.69, 9.17) is 0 Å². The van der Waals surface area contributed by atoms with Gasteiger partial charge in [0.15, 0.2) is 0 Å². The number of rotatable bonds is 3. The molecule has 0 radical (unpaired) electrons. The predicted octanol–water partition coefficient (Wildman–Crippen LogP) is 2.36. The zero-order valence-corrected chi connectivity index (χ0v) is 11.2. The number of benzene rings is 1. The van der Waals surface area contributed by atoms with E-state index in [1.54, 1.807) is 0 Å². The Balaban J connectivity index is 0.00000144. The Labute approximate surface area is 110 Å². The number of aliphatic hydroxyl groups excluding tert-OH is 1. The van der Waals surface area contributed by atoms with Crippen LogP contribution in [0.25, 0.3) is 0 Å². The van der Waals surface area contributed by atoms with Crippen LogP contribution >= 0.6 is 12.4 Å². The first kappa shape index (κ1) is 14.5. The van der Waals surface area contributed by atoms with Crippen molar-refractivity contribution in [3.63, 3.8) is 0 Å². The molecule has 3 heteroatoms. The normalized spacial score (nSPS) is 19.6. The van der Waals surface area contributed by atoms with E-state index in [0.29, 0.717) is 6.61 Å². The van der Waals surface area contributed by atoms with Gasteiger partial charge < -0.3 is 10.0 Å². The summed E-state index contributed by atoms with van der Waals surface area (Å²) in [6, 6.07) is 10.5. The molecule has 1 aliphatic rings. The van der Waals surface area contributed by atoms with E-state index >= 15 is 0 Å². The van der Waals surface area contributed by atoms with Crippen molar-refractivity contribution in [3.05, 3.63) is 35.9 Å². The zero-order chi connectivity index (χ0) is 11.4. The van der Waals surface area contributed by atoms with Crippen LogP contribution in [0.15, 0.2) is 30.3 Å². The second-order valence-electron chi connectivity index (χ2n) is 5.12. The number of piperidine rings is 1. The molecule has 0 aliphatic carbocycles. The molecule has 96 valence electrons. The molecule has 0 unspecified atom stereocenters. The minimum Gasteiger partial charge on any atom is -0.396 e. The van der Waals surface area contributed by atoms with Gasteiger partial charge in [0, 0.05) is 6.61 Å². The fourth-order valence-corrected chi connectivity index (χ4v) is 2.51. The number of hydrogen-bond donors (Lipinski definition) is 1. The Morgan fingerprint density at radius 3 is 2.29 bits per heavy atom. The maximum absolute atomic E-state index is 9.67. The molecule has 0 saturated carbocycles. The molecule has 0 spiro atoms. The average molecular weight is 256 g/mol. The molecule has 0 bridgehead atoms. The maximum Gasteiger partial charge on any atom is 0.0491 e. The summed E-state index contributed by atoms with van der Waals surface area (Å²) in [4.78, 5) is 2.35. The van der Waals surface area contributed by atoms with E-state index < -0.39 is 0 Å². The van der Waals surface area contributed by atoms with Crippen LogP contribution < -0.4 is 0 Å². The molecule has 1 aromatic rings. The molecule has 1 saturated heterocycles. The fourth-order valence-electron chi connectivity index (χ4n) is 2.51. The molecule has 1 aromatic carbocycles. The van der Waals surface area contributed by atoms with Gasteiger partial charge in [-0.15, -0.1) is 12.4 Å². The standard InChI is InChI=1S/C14H21NO.ClH/c1-15-9-7-14(12-16,8-10-15)11-13-5-3-2-4-6-13;/h2-6,16H,7-12H2,1H3;1H. The Morgan fingerprint density at radius 1 is 1.18 bits per heavy atom. The second kappa shape index (κ2) is 6.39. The predicted molar refractivity (Wildman–Crippen MR) is 73.6 cm³/mol. The van der Waals surface area contributed by atoms with Gasteiger partial charge in [-0.2, -0.15) is 0 Å². The van der Waals surface area contributed by atoms with Crippen molar-refractivity contribution < 1.29 is 5.11 Å². The van der Waals surface area contributed by atoms with Crippen molar-refractivity contribution in [1.29, 1.82) is 0 Å². The molecule has 1 heterocycles. The average Bonchev–Trinajstić information content (AvgIpc) is 2.34. The van der Waals surface area contributed by atoms with Gasteiger partial charge >= 0.3 is 0 Å². The van der Waals surface area contributed by atoms with Crippen LogP contribution in [-0.4, -0.2) is 36.8 Å². The quantitative estimate of drug-likeness (QED) is 0.896. The minimum absolute atomic E-state index is 0. The summed E-state index contributed by atoms with van der Waals surface area (Å²) in [5, 5.41) is 9.67. The van der Waals surface area contributed by atoms with Crippen LogP contribution in [0.2, 0.25) is 0 Å². The number of nitrogens with zero attached hydrogens (tertiary/aromatic N) is 1. The van der Waals surface area contributed by atoms with Crippen LogP contribution in [0.5, 0.6) is 0 Å². The molecule has 1 N–H and O–H groups in total. The van der Waals surface area contributed by atoms with Crippen LogP contribution in [0.4, 0.5) is 0 Å². The van der Waals surface area contributed by atoms with Crippen molar-refractivity contribution >= 4 is 12.4 Å². The molecule has 2 rings (SSSR count). The first-order valence-electron chi connectivity index (χ1n) is 6.07. The van der Waals surface area contributed by atoms with E-state index in [1.807, 2.05) is 6.07 Å². The van der Waals surface area contributed by atoms with E-state index in [0.717, 1.165) is 32.4 Å². The van der Waals surface area contributed by atoms with Gasteiger partial charge in [-0.25, -0.2) is 0 Å². The first-order valence-corrected chi connectivity index (χ1v) is 6.07. The molecule has 0 atom stereocenters. The van der Waals surface area contributed by atoms with E-state index in [2.05, 4.69) is 36.2 Å². The lowest BCUT2D eigenvalue weighted by molar-refractivity contribution is 0.0533. The van der Waals surface area contributed by atoms with Crippen LogP contribution in [-0.2, 0) is 6.42 Å². The van der Waals surface area contributed by atoms with Crippen molar-refractivity contribution in [2.24, 2.45) is 5.41 Å². The Hall–Kier alpha value is -0.570. The van der Waals surface area contributed by atoms with Crippen LogP contribution in [0, 0.1) is 5.41 Å². The number of hydrogen-bond acceptors (Lipinski definition) is 2. The highest BCUT2D eigenvalue weighted by Crippen LogP contribution is 2.34.